The first-order valence-corrected chi connectivity index (χ1v) is 18.5. The Hall–Kier alpha value is -7.63. The number of hydrogen-bond acceptors (Lipinski definition) is 3. The topological polar surface area (TPSA) is 48.5 Å². The third kappa shape index (κ3) is 5.06. The van der Waals surface area contributed by atoms with E-state index < -0.39 is 18.1 Å². The minimum absolute atomic E-state index is 0.0741. The van der Waals surface area contributed by atoms with E-state index >= 15 is 0 Å². The largest absolute Gasteiger partial charge is 0.307 e. The molecular formula is C51H33N5. The van der Waals surface area contributed by atoms with Gasteiger partial charge in [0.2, 0.25) is 5.95 Å². The zero-order valence-corrected chi connectivity index (χ0v) is 29.9. The molecule has 56 heavy (non-hydrogen) atoms. The fourth-order valence-electron chi connectivity index (χ4n) is 8.07. The van der Waals surface area contributed by atoms with Crippen molar-refractivity contribution in [3.05, 3.63) is 200 Å². The van der Waals surface area contributed by atoms with Crippen LogP contribution in [0.5, 0.6) is 0 Å². The number of para-hydroxylation sites is 3. The third-order valence-corrected chi connectivity index (χ3v) is 10.5. The minimum Gasteiger partial charge on any atom is -0.307 e. The van der Waals surface area contributed by atoms with Crippen molar-refractivity contribution in [2.75, 3.05) is 0 Å². The highest BCUT2D eigenvalue weighted by molar-refractivity contribution is 6.24. The lowest BCUT2D eigenvalue weighted by molar-refractivity contribution is 0.953. The van der Waals surface area contributed by atoms with E-state index in [4.69, 9.17) is 21.8 Å². The Balaban J connectivity index is 1.28. The molecule has 0 spiro atoms. The Morgan fingerprint density at radius 1 is 0.357 bits per heavy atom. The van der Waals surface area contributed by atoms with Gasteiger partial charge in [0.25, 0.3) is 0 Å². The zero-order valence-electron chi connectivity index (χ0n) is 34.9. The van der Waals surface area contributed by atoms with Gasteiger partial charge in [0.05, 0.1) is 34.6 Å². The molecule has 0 saturated carbocycles. The highest BCUT2D eigenvalue weighted by Crippen LogP contribution is 2.43. The van der Waals surface area contributed by atoms with Crippen molar-refractivity contribution < 1.29 is 6.85 Å². The van der Waals surface area contributed by atoms with Crippen LogP contribution in [-0.2, 0) is 0 Å². The van der Waals surface area contributed by atoms with E-state index in [2.05, 4.69) is 106 Å². The quantitative estimate of drug-likeness (QED) is 0.172. The van der Waals surface area contributed by atoms with Crippen molar-refractivity contribution in [3.63, 3.8) is 0 Å². The van der Waals surface area contributed by atoms with Crippen LogP contribution in [0.25, 0.3) is 100 Å². The van der Waals surface area contributed by atoms with Gasteiger partial charge in [0, 0.05) is 38.2 Å². The molecule has 3 aromatic heterocycles. The second kappa shape index (κ2) is 13.0. The minimum atomic E-state index is -0.452. The molecule has 0 bridgehead atoms. The second-order valence-corrected chi connectivity index (χ2v) is 13.6. The fourth-order valence-corrected chi connectivity index (χ4v) is 8.07. The SMILES string of the molecule is [2H]c1c([2H])c([2H])c(-c2ccccc2-c2nc(-c3ccccc3)nc(-n3c4ccccc4c4ccc5c6ccccc6n(-c6ccccc6-c6ccccc6)c5c43)n2)c([2H])c1[2H]. The molecule has 0 amide bonds. The van der Waals surface area contributed by atoms with Crippen molar-refractivity contribution in [3.8, 4) is 56.7 Å². The van der Waals surface area contributed by atoms with E-state index in [9.17, 15) is 0 Å². The molecule has 0 unspecified atom stereocenters. The highest BCUT2D eigenvalue weighted by atomic mass is 15.2. The summed E-state index contributed by atoms with van der Waals surface area (Å²) in [5, 5.41) is 4.22. The van der Waals surface area contributed by atoms with Gasteiger partial charge >= 0.3 is 0 Å². The van der Waals surface area contributed by atoms with Crippen molar-refractivity contribution in [2.45, 2.75) is 0 Å². The lowest BCUT2D eigenvalue weighted by Gasteiger charge is -2.16. The van der Waals surface area contributed by atoms with Gasteiger partial charge in [0.15, 0.2) is 11.6 Å². The summed E-state index contributed by atoms with van der Waals surface area (Å²) < 4.78 is 47.5. The smallest absolute Gasteiger partial charge is 0.238 e. The summed E-state index contributed by atoms with van der Waals surface area (Å²) in [6.45, 7) is 0. The predicted octanol–water partition coefficient (Wildman–Crippen LogP) is 12.7. The number of benzene rings is 8. The molecule has 262 valence electrons. The van der Waals surface area contributed by atoms with Crippen LogP contribution in [0.4, 0.5) is 0 Å². The van der Waals surface area contributed by atoms with Gasteiger partial charge in [0.1, 0.15) is 0 Å². The van der Waals surface area contributed by atoms with Crippen LogP contribution in [0.15, 0.2) is 200 Å². The molecule has 0 aliphatic heterocycles. The Kier molecular flexibility index (Phi) is 6.29. The molecule has 11 rings (SSSR count). The summed E-state index contributed by atoms with van der Waals surface area (Å²) in [5.41, 5.74) is 8.82. The van der Waals surface area contributed by atoms with Crippen molar-refractivity contribution >= 4 is 43.6 Å². The van der Waals surface area contributed by atoms with Crippen molar-refractivity contribution in [1.29, 1.82) is 0 Å². The summed E-state index contributed by atoms with van der Waals surface area (Å²) in [7, 11) is 0. The molecule has 0 aliphatic carbocycles. The third-order valence-electron chi connectivity index (χ3n) is 10.5. The van der Waals surface area contributed by atoms with Crippen LogP contribution in [0.3, 0.4) is 0 Å². The average Bonchev–Trinajstić information content (AvgIpc) is 3.84. The van der Waals surface area contributed by atoms with Crippen LogP contribution in [0, 0.1) is 0 Å². The lowest BCUT2D eigenvalue weighted by atomic mass is 9.99. The maximum absolute atomic E-state index is 8.90. The molecule has 0 fully saturated rings. The maximum Gasteiger partial charge on any atom is 0.238 e. The van der Waals surface area contributed by atoms with Gasteiger partial charge in [-0.15, -0.1) is 0 Å². The Morgan fingerprint density at radius 3 is 1.57 bits per heavy atom. The maximum atomic E-state index is 8.90. The summed E-state index contributed by atoms with van der Waals surface area (Å²) in [4.78, 5) is 15.6. The first kappa shape index (κ1) is 27.0. The Bertz CT molecular complexity index is 3520. The van der Waals surface area contributed by atoms with Crippen LogP contribution in [-0.4, -0.2) is 24.1 Å². The van der Waals surface area contributed by atoms with Gasteiger partial charge in [-0.3, -0.25) is 4.57 Å². The van der Waals surface area contributed by atoms with Crippen LogP contribution in [0.1, 0.15) is 6.85 Å². The number of fused-ring (bicyclic) bond motifs is 7. The summed E-state index contributed by atoms with van der Waals surface area (Å²) in [6.07, 6.45) is 0. The van der Waals surface area contributed by atoms with Crippen LogP contribution < -0.4 is 0 Å². The lowest BCUT2D eigenvalue weighted by Crippen LogP contribution is -2.07. The number of hydrogen-bond donors (Lipinski definition) is 0. The molecule has 0 saturated heterocycles. The normalized spacial score (nSPS) is 12.8. The van der Waals surface area contributed by atoms with Crippen molar-refractivity contribution in [2.24, 2.45) is 0 Å². The van der Waals surface area contributed by atoms with Gasteiger partial charge in [-0.25, -0.2) is 4.98 Å². The van der Waals surface area contributed by atoms with E-state index in [1.54, 1.807) is 12.1 Å². The average molecular weight is 721 g/mol. The molecule has 8 aromatic carbocycles. The van der Waals surface area contributed by atoms with Gasteiger partial charge in [-0.05, 0) is 34.9 Å². The number of aromatic nitrogens is 5. The zero-order chi connectivity index (χ0) is 41.4. The standard InChI is InChI=1S/C51H33N5/c1-4-18-34(19-5-1)37-24-10-11-28-43(37)50-52-49(36-22-8-3-9-23-36)53-51(54-50)56-46-31-17-14-27-40(46)42-33-32-41-39-26-13-16-30-45(39)55(47(41)48(42)56)44-29-15-12-25-38(44)35-20-6-2-7-21-35/h1-33H/i1D,4D,5D,18D,19D. The number of rotatable bonds is 6. The molecule has 3 heterocycles. The van der Waals surface area contributed by atoms with E-state index in [0.29, 0.717) is 28.7 Å². The molecule has 0 aliphatic rings. The Morgan fingerprint density at radius 2 is 0.875 bits per heavy atom. The van der Waals surface area contributed by atoms with Gasteiger partial charge < -0.3 is 4.57 Å². The predicted molar refractivity (Wildman–Crippen MR) is 230 cm³/mol. The molecule has 5 heteroatoms. The monoisotopic (exact) mass is 720 g/mol. The van der Waals surface area contributed by atoms with E-state index in [1.807, 2.05) is 60.7 Å². The van der Waals surface area contributed by atoms with Crippen LogP contribution >= 0.6 is 0 Å². The summed E-state index contributed by atoms with van der Waals surface area (Å²) in [5.74, 6) is 1.08. The van der Waals surface area contributed by atoms with E-state index in [-0.39, 0.29) is 17.6 Å². The first-order chi connectivity index (χ1) is 29.9. The van der Waals surface area contributed by atoms with E-state index in [1.165, 1.54) is 0 Å². The van der Waals surface area contributed by atoms with Gasteiger partial charge in [-0.2, -0.15) is 9.97 Å². The fraction of sp³-hybridized carbons (Fsp3) is 0. The molecule has 11 aromatic rings. The first-order valence-electron chi connectivity index (χ1n) is 21.0. The van der Waals surface area contributed by atoms with E-state index in [0.717, 1.165) is 66.0 Å². The molecule has 5 nitrogen and oxygen atoms in total. The molecule has 0 radical (unpaired) electrons. The van der Waals surface area contributed by atoms with Crippen molar-refractivity contribution in [1.82, 2.24) is 24.1 Å². The molecule has 0 atom stereocenters. The Labute approximate surface area is 330 Å². The molecule has 0 N–H and O–H groups in total. The summed E-state index contributed by atoms with van der Waals surface area (Å²) in [6, 6.07) is 55.1. The second-order valence-electron chi connectivity index (χ2n) is 13.6. The van der Waals surface area contributed by atoms with Gasteiger partial charge in [-0.1, -0.05) is 182 Å². The highest BCUT2D eigenvalue weighted by Gasteiger charge is 2.24. The number of nitrogens with zero attached hydrogens (tertiary/aromatic N) is 5. The summed E-state index contributed by atoms with van der Waals surface area (Å²) >= 11 is 0. The molecular weight excluding hydrogens is 683 g/mol. The van der Waals surface area contributed by atoms with Crippen LogP contribution in [0.2, 0.25) is 0 Å².